The van der Waals surface area contributed by atoms with Gasteiger partial charge in [0.05, 0.1) is 5.69 Å². The first kappa shape index (κ1) is 15.3. The average molecular weight is 296 g/mol. The van der Waals surface area contributed by atoms with Gasteiger partial charge in [-0.2, -0.15) is 0 Å². The molecule has 1 unspecified atom stereocenters. The van der Waals surface area contributed by atoms with Crippen LogP contribution in [0.1, 0.15) is 31.9 Å². The van der Waals surface area contributed by atoms with Crippen molar-refractivity contribution in [3.63, 3.8) is 0 Å². The van der Waals surface area contributed by atoms with Gasteiger partial charge in [-0.15, -0.1) is 0 Å². The van der Waals surface area contributed by atoms with Gasteiger partial charge >= 0.3 is 0 Å². The van der Waals surface area contributed by atoms with Crippen LogP contribution in [-0.4, -0.2) is 27.6 Å². The molecule has 5 heteroatoms. The molecule has 110 valence electrons. The van der Waals surface area contributed by atoms with E-state index >= 15 is 0 Å². The number of pyridine rings is 1. The van der Waals surface area contributed by atoms with Crippen LogP contribution in [-0.2, 0) is 6.54 Å². The van der Waals surface area contributed by atoms with Crippen molar-refractivity contribution in [1.29, 1.82) is 0 Å². The molecule has 20 heavy (non-hydrogen) atoms. The fourth-order valence-electron chi connectivity index (χ4n) is 2.51. The first-order valence-electron chi connectivity index (χ1n) is 7.19. The minimum Gasteiger partial charge on any atom is -0.396 e. The maximum Gasteiger partial charge on any atom is 0.152 e. The van der Waals surface area contributed by atoms with Crippen LogP contribution >= 0.6 is 11.6 Å². The highest BCUT2D eigenvalue weighted by molar-refractivity contribution is 6.30. The molecule has 0 aliphatic rings. The van der Waals surface area contributed by atoms with Crippen molar-refractivity contribution in [2.24, 2.45) is 5.92 Å². The molecule has 0 radical (unpaired) electrons. The predicted molar refractivity (Wildman–Crippen MR) is 82.0 cm³/mol. The van der Waals surface area contributed by atoms with E-state index < -0.39 is 0 Å². The Labute approximate surface area is 124 Å². The zero-order valence-electron chi connectivity index (χ0n) is 11.8. The third-order valence-corrected chi connectivity index (χ3v) is 3.84. The molecule has 0 amide bonds. The number of nitrogens with zero attached hydrogens (tertiary/aromatic N) is 2. The third kappa shape index (κ3) is 3.72. The molecule has 1 atom stereocenters. The van der Waals surface area contributed by atoms with E-state index in [1.807, 2.05) is 28.8 Å². The van der Waals surface area contributed by atoms with Gasteiger partial charge in [0, 0.05) is 19.3 Å². The van der Waals surface area contributed by atoms with Gasteiger partial charge in [0.25, 0.3) is 0 Å². The molecule has 2 rings (SSSR count). The van der Waals surface area contributed by atoms with Crippen LogP contribution in [0.3, 0.4) is 0 Å². The average Bonchev–Trinajstić information content (AvgIpc) is 2.76. The zero-order valence-corrected chi connectivity index (χ0v) is 12.6. The van der Waals surface area contributed by atoms with Gasteiger partial charge in [0.2, 0.25) is 0 Å². The van der Waals surface area contributed by atoms with Gasteiger partial charge in [0.15, 0.2) is 5.15 Å². The van der Waals surface area contributed by atoms with Crippen molar-refractivity contribution in [2.75, 3.05) is 13.2 Å². The summed E-state index contributed by atoms with van der Waals surface area (Å²) in [6, 6.07) is 5.87. The van der Waals surface area contributed by atoms with Gasteiger partial charge in [0.1, 0.15) is 5.65 Å². The molecule has 2 N–H and O–H groups in total. The Morgan fingerprint density at radius 1 is 1.40 bits per heavy atom. The molecular formula is C15H22ClN3O. The van der Waals surface area contributed by atoms with E-state index in [9.17, 15) is 0 Å². The molecule has 0 spiro atoms. The fraction of sp³-hybridized carbons (Fsp3) is 0.533. The number of aromatic nitrogens is 2. The smallest absolute Gasteiger partial charge is 0.152 e. The molecule has 0 aliphatic heterocycles. The Hall–Kier alpha value is -1.10. The van der Waals surface area contributed by atoms with E-state index in [1.54, 1.807) is 0 Å². The summed E-state index contributed by atoms with van der Waals surface area (Å²) in [5.74, 6) is 0.517. The predicted octanol–water partition coefficient (Wildman–Crippen LogP) is 2.88. The van der Waals surface area contributed by atoms with Crippen LogP contribution in [0, 0.1) is 5.92 Å². The highest BCUT2D eigenvalue weighted by Gasteiger charge is 2.11. The van der Waals surface area contributed by atoms with Crippen molar-refractivity contribution < 1.29 is 5.11 Å². The molecular weight excluding hydrogens is 274 g/mol. The maximum absolute atomic E-state index is 9.07. The fourth-order valence-corrected chi connectivity index (χ4v) is 2.75. The molecule has 0 fully saturated rings. The Kier molecular flexibility index (Phi) is 5.83. The van der Waals surface area contributed by atoms with Gasteiger partial charge in [-0.1, -0.05) is 31.0 Å². The molecule has 0 aliphatic carbocycles. The van der Waals surface area contributed by atoms with Gasteiger partial charge in [-0.05, 0) is 37.4 Å². The largest absolute Gasteiger partial charge is 0.396 e. The first-order chi connectivity index (χ1) is 9.76. The molecule has 0 saturated heterocycles. The Morgan fingerprint density at radius 3 is 3.00 bits per heavy atom. The lowest BCUT2D eigenvalue weighted by Gasteiger charge is -2.15. The molecule has 0 saturated carbocycles. The third-order valence-electron chi connectivity index (χ3n) is 3.54. The summed E-state index contributed by atoms with van der Waals surface area (Å²) >= 11 is 6.19. The second-order valence-electron chi connectivity index (χ2n) is 5.08. The van der Waals surface area contributed by atoms with Gasteiger partial charge in [-0.25, -0.2) is 4.98 Å². The highest BCUT2D eigenvalue weighted by Crippen LogP contribution is 2.17. The van der Waals surface area contributed by atoms with Crippen molar-refractivity contribution in [3.8, 4) is 0 Å². The minimum absolute atomic E-state index is 0.253. The van der Waals surface area contributed by atoms with Crippen LogP contribution in [0.2, 0.25) is 5.15 Å². The monoisotopic (exact) mass is 295 g/mol. The number of halogens is 1. The van der Waals surface area contributed by atoms with E-state index in [-0.39, 0.29) is 6.61 Å². The van der Waals surface area contributed by atoms with E-state index in [4.69, 9.17) is 16.7 Å². The number of nitrogens with one attached hydrogen (secondary N) is 1. The summed E-state index contributed by atoms with van der Waals surface area (Å²) < 4.78 is 2.01. The summed E-state index contributed by atoms with van der Waals surface area (Å²) in [5.41, 5.74) is 1.86. The second kappa shape index (κ2) is 7.62. The van der Waals surface area contributed by atoms with Crippen LogP contribution in [0.25, 0.3) is 5.65 Å². The van der Waals surface area contributed by atoms with Crippen molar-refractivity contribution in [3.05, 3.63) is 35.2 Å². The van der Waals surface area contributed by atoms with Gasteiger partial charge < -0.3 is 14.8 Å². The molecule has 2 heterocycles. The number of rotatable bonds is 8. The molecule has 0 bridgehead atoms. The molecule has 2 aromatic rings. The number of aliphatic hydroxyl groups is 1. The van der Waals surface area contributed by atoms with Crippen LogP contribution in [0.5, 0.6) is 0 Å². The van der Waals surface area contributed by atoms with Crippen LogP contribution in [0.15, 0.2) is 24.4 Å². The SMILES string of the molecule is CCCC(CCO)CNCc1c(Cl)nc2ccccn12. The minimum atomic E-state index is 0.253. The Morgan fingerprint density at radius 2 is 2.25 bits per heavy atom. The van der Waals surface area contributed by atoms with Crippen molar-refractivity contribution in [1.82, 2.24) is 14.7 Å². The maximum atomic E-state index is 9.07. The zero-order chi connectivity index (χ0) is 14.4. The van der Waals surface area contributed by atoms with E-state index in [2.05, 4.69) is 17.2 Å². The summed E-state index contributed by atoms with van der Waals surface area (Å²) in [5, 5.41) is 13.1. The number of imidazole rings is 1. The quantitative estimate of drug-likeness (QED) is 0.787. The second-order valence-corrected chi connectivity index (χ2v) is 5.43. The topological polar surface area (TPSA) is 49.6 Å². The highest BCUT2D eigenvalue weighted by atomic mass is 35.5. The van der Waals surface area contributed by atoms with Crippen molar-refractivity contribution in [2.45, 2.75) is 32.7 Å². The lowest BCUT2D eigenvalue weighted by Crippen LogP contribution is -2.24. The number of hydrogen-bond acceptors (Lipinski definition) is 3. The Balaban J connectivity index is 1.97. The molecule has 2 aromatic heterocycles. The van der Waals surface area contributed by atoms with Crippen molar-refractivity contribution >= 4 is 17.2 Å². The summed E-state index contributed by atoms with van der Waals surface area (Å²) in [6.45, 7) is 4.01. The Bertz CT molecular complexity index is 535. The summed E-state index contributed by atoms with van der Waals surface area (Å²) in [6.07, 6.45) is 5.10. The standard InChI is InChI=1S/C15H22ClN3O/c1-2-5-12(7-9-20)10-17-11-13-15(16)18-14-6-3-4-8-19(13)14/h3-4,6,8,12,17,20H,2,5,7,9-11H2,1H3. The molecule has 4 nitrogen and oxygen atoms in total. The van der Waals surface area contributed by atoms with Crippen LogP contribution in [0.4, 0.5) is 0 Å². The van der Waals surface area contributed by atoms with Crippen LogP contribution < -0.4 is 5.32 Å². The lowest BCUT2D eigenvalue weighted by atomic mass is 10.0. The summed E-state index contributed by atoms with van der Waals surface area (Å²) in [7, 11) is 0. The normalized spacial score (nSPS) is 12.9. The van der Waals surface area contributed by atoms with E-state index in [1.165, 1.54) is 0 Å². The van der Waals surface area contributed by atoms with Gasteiger partial charge in [-0.3, -0.25) is 0 Å². The number of fused-ring (bicyclic) bond motifs is 1. The first-order valence-corrected chi connectivity index (χ1v) is 7.57. The number of aliphatic hydroxyl groups excluding tert-OH is 1. The molecule has 0 aromatic carbocycles. The van der Waals surface area contributed by atoms with E-state index in [0.29, 0.717) is 17.6 Å². The van der Waals surface area contributed by atoms with E-state index in [0.717, 1.165) is 37.1 Å². The number of hydrogen-bond donors (Lipinski definition) is 2. The lowest BCUT2D eigenvalue weighted by molar-refractivity contribution is 0.248. The summed E-state index contributed by atoms with van der Waals surface area (Å²) in [4.78, 5) is 4.33.